The smallest absolute Gasteiger partial charge is 0.341 e. The van der Waals surface area contributed by atoms with E-state index in [0.717, 1.165) is 5.56 Å². The number of aromatic nitrogens is 3. The van der Waals surface area contributed by atoms with Gasteiger partial charge in [0.25, 0.3) is 0 Å². The number of rotatable bonds is 7. The lowest BCUT2D eigenvalue weighted by Crippen LogP contribution is -2.15. The fourth-order valence-electron chi connectivity index (χ4n) is 2.88. The van der Waals surface area contributed by atoms with Crippen molar-refractivity contribution in [3.8, 4) is 0 Å². The molecule has 7 nitrogen and oxygen atoms in total. The molecule has 0 unspecified atom stereocenters. The maximum Gasteiger partial charge on any atom is 0.341 e. The van der Waals surface area contributed by atoms with E-state index in [1.807, 2.05) is 0 Å². The fraction of sp³-hybridized carbons (Fsp3) is 0.143. The summed E-state index contributed by atoms with van der Waals surface area (Å²) >= 11 is 0. The van der Waals surface area contributed by atoms with Gasteiger partial charge in [0.15, 0.2) is 11.6 Å². The number of hydrogen-bond acceptors (Lipinski definition) is 5. The van der Waals surface area contributed by atoms with Gasteiger partial charge in [0.05, 0.1) is 35.9 Å². The number of aliphatic hydroxyl groups is 1. The first-order valence-corrected chi connectivity index (χ1v) is 9.12. The van der Waals surface area contributed by atoms with Crippen LogP contribution in [0.3, 0.4) is 0 Å². The number of benzene rings is 2. The van der Waals surface area contributed by atoms with Gasteiger partial charge in [0, 0.05) is 6.07 Å². The van der Waals surface area contributed by atoms with Gasteiger partial charge >= 0.3 is 5.97 Å². The normalized spacial score (nSPS) is 12.6. The zero-order chi connectivity index (χ0) is 22.5. The highest BCUT2D eigenvalue weighted by Crippen LogP contribution is 2.26. The topological polar surface area (TPSA) is 101 Å². The molecule has 0 saturated heterocycles. The summed E-state index contributed by atoms with van der Waals surface area (Å²) in [7, 11) is 0. The molecule has 2 N–H and O–H groups in total. The number of carboxylic acids is 1. The van der Waals surface area contributed by atoms with Crippen LogP contribution in [0.15, 0.2) is 59.4 Å². The predicted octanol–water partition coefficient (Wildman–Crippen LogP) is 4.28. The molecule has 1 aromatic heterocycles. The van der Waals surface area contributed by atoms with E-state index in [-0.39, 0.29) is 18.2 Å². The van der Waals surface area contributed by atoms with Gasteiger partial charge in [-0.15, -0.1) is 0 Å². The van der Waals surface area contributed by atoms with Crippen LogP contribution < -0.4 is 0 Å². The maximum atomic E-state index is 14.1. The maximum absolute atomic E-state index is 14.1. The van der Waals surface area contributed by atoms with E-state index in [0.29, 0.717) is 18.3 Å². The van der Waals surface area contributed by atoms with Crippen LogP contribution in [0, 0.1) is 17.5 Å². The minimum Gasteiger partial charge on any atom is -0.506 e. The highest BCUT2D eigenvalue weighted by molar-refractivity contribution is 6.24. The Kier molecular flexibility index (Phi) is 6.49. The van der Waals surface area contributed by atoms with Crippen molar-refractivity contribution in [2.24, 2.45) is 4.99 Å². The third-order valence-corrected chi connectivity index (χ3v) is 4.30. The standard InChI is InChI=1S/C21H17F3N4O3/c1-2-18(27-13-5-3-4-12(8-13)11-28-25-6-7-26-28)19(21(30)31)20(29)14-9-16(23)17(24)10-15(14)22/h3-10,29H,2,11H2,1H3,(H,30,31). The molecule has 0 aliphatic heterocycles. The van der Waals surface area contributed by atoms with E-state index in [9.17, 15) is 28.2 Å². The summed E-state index contributed by atoms with van der Waals surface area (Å²) in [6.45, 7) is 1.94. The number of aliphatic imine (C=N–C) groups is 1. The minimum absolute atomic E-state index is 0.0575. The summed E-state index contributed by atoms with van der Waals surface area (Å²) in [6.07, 6.45) is 3.12. The predicted molar refractivity (Wildman–Crippen MR) is 106 cm³/mol. The summed E-state index contributed by atoms with van der Waals surface area (Å²) in [5.74, 6) is -6.85. The first-order valence-electron chi connectivity index (χ1n) is 9.12. The summed E-state index contributed by atoms with van der Waals surface area (Å²) in [4.78, 5) is 17.6. The number of carboxylic acid groups (broad SMARTS) is 1. The zero-order valence-electron chi connectivity index (χ0n) is 16.3. The van der Waals surface area contributed by atoms with E-state index >= 15 is 0 Å². The van der Waals surface area contributed by atoms with Gasteiger partial charge < -0.3 is 10.2 Å². The number of nitrogens with zero attached hydrogens (tertiary/aromatic N) is 4. The lowest BCUT2D eigenvalue weighted by molar-refractivity contribution is -0.132. The van der Waals surface area contributed by atoms with Crippen LogP contribution in [0.4, 0.5) is 18.9 Å². The van der Waals surface area contributed by atoms with Crippen LogP contribution in [-0.4, -0.2) is 36.9 Å². The lowest BCUT2D eigenvalue weighted by Gasteiger charge is -2.11. The van der Waals surface area contributed by atoms with Crippen LogP contribution in [0.2, 0.25) is 0 Å². The highest BCUT2D eigenvalue weighted by atomic mass is 19.2. The number of carbonyl (C=O) groups is 1. The highest BCUT2D eigenvalue weighted by Gasteiger charge is 2.24. The van der Waals surface area contributed by atoms with Crippen LogP contribution in [0.5, 0.6) is 0 Å². The van der Waals surface area contributed by atoms with E-state index in [1.54, 1.807) is 31.2 Å². The van der Waals surface area contributed by atoms with Gasteiger partial charge in [-0.3, -0.25) is 4.99 Å². The van der Waals surface area contributed by atoms with Crippen molar-refractivity contribution in [1.82, 2.24) is 15.0 Å². The molecule has 31 heavy (non-hydrogen) atoms. The number of aliphatic carboxylic acids is 1. The Hall–Kier alpha value is -3.95. The summed E-state index contributed by atoms with van der Waals surface area (Å²) in [5.41, 5.74) is -0.422. The second-order valence-electron chi connectivity index (χ2n) is 6.42. The van der Waals surface area contributed by atoms with Gasteiger partial charge in [-0.05, 0) is 30.2 Å². The Bertz CT molecular complexity index is 1170. The van der Waals surface area contributed by atoms with Crippen molar-refractivity contribution in [2.45, 2.75) is 19.9 Å². The summed E-state index contributed by atoms with van der Waals surface area (Å²) < 4.78 is 40.8. The third-order valence-electron chi connectivity index (χ3n) is 4.30. The fourth-order valence-corrected chi connectivity index (χ4v) is 2.88. The van der Waals surface area contributed by atoms with Gasteiger partial charge in [-0.25, -0.2) is 18.0 Å². The van der Waals surface area contributed by atoms with Crippen LogP contribution >= 0.6 is 0 Å². The van der Waals surface area contributed by atoms with Crippen molar-refractivity contribution in [3.63, 3.8) is 0 Å². The molecule has 0 fully saturated rings. The Morgan fingerprint density at radius 2 is 1.71 bits per heavy atom. The second-order valence-corrected chi connectivity index (χ2v) is 6.42. The molecule has 0 amide bonds. The molecule has 2 aromatic carbocycles. The molecule has 10 heteroatoms. The molecule has 1 heterocycles. The minimum atomic E-state index is -1.60. The summed E-state index contributed by atoms with van der Waals surface area (Å²) in [5, 5.41) is 28.1. The van der Waals surface area contributed by atoms with Crippen molar-refractivity contribution in [1.29, 1.82) is 0 Å². The second kappa shape index (κ2) is 9.24. The number of hydrogen-bond donors (Lipinski definition) is 2. The lowest BCUT2D eigenvalue weighted by atomic mass is 10.0. The SMILES string of the molecule is CCC(=Nc1cccc(Cn2nccn2)c1)C(C(=O)O)=C(O)c1cc(F)c(F)cc1F. The first-order chi connectivity index (χ1) is 14.8. The Morgan fingerprint density at radius 3 is 2.35 bits per heavy atom. The van der Waals surface area contributed by atoms with E-state index in [1.165, 1.54) is 17.2 Å². The molecule has 0 saturated carbocycles. The Balaban J connectivity index is 2.06. The molecule has 0 radical (unpaired) electrons. The van der Waals surface area contributed by atoms with E-state index < -0.39 is 40.3 Å². The van der Waals surface area contributed by atoms with E-state index in [2.05, 4.69) is 15.2 Å². The summed E-state index contributed by atoms with van der Waals surface area (Å²) in [6, 6.07) is 7.42. The van der Waals surface area contributed by atoms with Crippen molar-refractivity contribution >= 4 is 23.1 Å². The quantitative estimate of drug-likeness (QED) is 0.252. The third kappa shape index (κ3) is 4.97. The molecule has 3 aromatic rings. The number of aliphatic hydroxyl groups excluding tert-OH is 1. The van der Waals surface area contributed by atoms with Crippen LogP contribution in [-0.2, 0) is 11.3 Å². The molecule has 0 bridgehead atoms. The average Bonchev–Trinajstić information content (AvgIpc) is 3.23. The van der Waals surface area contributed by atoms with Gasteiger partial charge in [-0.2, -0.15) is 15.0 Å². The number of halogens is 3. The van der Waals surface area contributed by atoms with E-state index in [4.69, 9.17) is 0 Å². The Morgan fingerprint density at radius 1 is 1.03 bits per heavy atom. The monoisotopic (exact) mass is 430 g/mol. The average molecular weight is 430 g/mol. The van der Waals surface area contributed by atoms with Crippen LogP contribution in [0.1, 0.15) is 24.5 Å². The molecule has 0 aliphatic rings. The first kappa shape index (κ1) is 21.8. The van der Waals surface area contributed by atoms with Crippen LogP contribution in [0.25, 0.3) is 5.76 Å². The van der Waals surface area contributed by atoms with Gasteiger partial charge in [-0.1, -0.05) is 19.1 Å². The van der Waals surface area contributed by atoms with Crippen molar-refractivity contribution in [3.05, 3.63) is 82.9 Å². The van der Waals surface area contributed by atoms with Gasteiger partial charge in [0.1, 0.15) is 17.1 Å². The van der Waals surface area contributed by atoms with Crippen molar-refractivity contribution in [2.75, 3.05) is 0 Å². The zero-order valence-corrected chi connectivity index (χ0v) is 16.3. The van der Waals surface area contributed by atoms with Crippen molar-refractivity contribution < 1.29 is 28.2 Å². The van der Waals surface area contributed by atoms with Gasteiger partial charge in [0.2, 0.25) is 0 Å². The largest absolute Gasteiger partial charge is 0.506 e. The molecule has 160 valence electrons. The molecule has 3 rings (SSSR count). The molecule has 0 atom stereocenters. The molecular formula is C21H17F3N4O3. The molecule has 0 aliphatic carbocycles. The Labute approximate surface area is 174 Å². The molecule has 0 spiro atoms. The molecular weight excluding hydrogens is 413 g/mol.